The van der Waals surface area contributed by atoms with E-state index in [1.807, 2.05) is 6.07 Å². The van der Waals surface area contributed by atoms with Gasteiger partial charge in [-0.15, -0.1) is 13.2 Å². The highest BCUT2D eigenvalue weighted by atomic mass is 19.4. The first-order valence-corrected chi connectivity index (χ1v) is 4.80. The van der Waals surface area contributed by atoms with Crippen LogP contribution in [0.1, 0.15) is 11.3 Å². The Morgan fingerprint density at radius 2 is 2.17 bits per heavy atom. The molecule has 1 aromatic rings. The zero-order valence-electron chi connectivity index (χ0n) is 9.41. The predicted molar refractivity (Wildman–Crippen MR) is 54.7 cm³/mol. The number of halogens is 3. The van der Waals surface area contributed by atoms with Gasteiger partial charge in [0.15, 0.2) is 5.75 Å². The molecule has 0 amide bonds. The van der Waals surface area contributed by atoms with Crippen LogP contribution in [0.5, 0.6) is 11.6 Å². The number of nitrogens with zero attached hydrogens (tertiary/aromatic N) is 2. The van der Waals surface area contributed by atoms with Crippen molar-refractivity contribution in [3.63, 3.8) is 0 Å². The highest BCUT2D eigenvalue weighted by Gasteiger charge is 2.33. The van der Waals surface area contributed by atoms with E-state index < -0.39 is 12.2 Å². The Labute approximate surface area is 101 Å². The van der Waals surface area contributed by atoms with Gasteiger partial charge in [-0.3, -0.25) is 0 Å². The van der Waals surface area contributed by atoms with Crippen molar-refractivity contribution >= 4 is 0 Å². The lowest BCUT2D eigenvalue weighted by molar-refractivity contribution is -0.276. The summed E-state index contributed by atoms with van der Waals surface area (Å²) in [6.45, 7) is -0.102. The van der Waals surface area contributed by atoms with Crippen LogP contribution in [0.25, 0.3) is 0 Å². The molecule has 0 aliphatic carbocycles. The Bertz CT molecular complexity index is 469. The Morgan fingerprint density at radius 1 is 1.50 bits per heavy atom. The number of hydrogen-bond donors (Lipinski definition) is 1. The summed E-state index contributed by atoms with van der Waals surface area (Å²) < 4.78 is 44.9. The molecule has 8 heteroatoms. The first-order chi connectivity index (χ1) is 8.41. The number of methoxy groups -OCH3 is 1. The van der Waals surface area contributed by atoms with Crippen LogP contribution in [0.4, 0.5) is 13.2 Å². The van der Waals surface area contributed by atoms with Gasteiger partial charge in [0.2, 0.25) is 0 Å². The average molecular weight is 261 g/mol. The van der Waals surface area contributed by atoms with Gasteiger partial charge in [-0.05, 0) is 11.6 Å². The largest absolute Gasteiger partial charge is 0.574 e. The van der Waals surface area contributed by atoms with E-state index in [0.717, 1.165) is 0 Å². The van der Waals surface area contributed by atoms with Gasteiger partial charge in [0, 0.05) is 6.54 Å². The summed E-state index contributed by atoms with van der Waals surface area (Å²) in [4.78, 5) is 3.62. The quantitative estimate of drug-likeness (QED) is 0.888. The molecule has 0 aliphatic rings. The van der Waals surface area contributed by atoms with Crippen LogP contribution in [0.2, 0.25) is 0 Å². The summed E-state index contributed by atoms with van der Waals surface area (Å²) in [6.07, 6.45) is -4.90. The Kier molecular flexibility index (Phi) is 4.33. The lowest BCUT2D eigenvalue weighted by Crippen LogP contribution is -2.19. The normalized spacial score (nSPS) is 10.9. The maximum atomic E-state index is 12.1. The van der Waals surface area contributed by atoms with Crippen LogP contribution in [0.3, 0.4) is 0 Å². The Balaban J connectivity index is 3.22. The molecule has 5 nitrogen and oxygen atoms in total. The molecule has 98 valence electrons. The van der Waals surface area contributed by atoms with Crippen LogP contribution in [0, 0.1) is 11.3 Å². The highest BCUT2D eigenvalue weighted by Crippen LogP contribution is 2.32. The first-order valence-electron chi connectivity index (χ1n) is 4.80. The maximum absolute atomic E-state index is 12.1. The topological polar surface area (TPSA) is 81.2 Å². The number of pyridine rings is 1. The third-order valence-electron chi connectivity index (χ3n) is 2.02. The average Bonchev–Trinajstić information content (AvgIpc) is 2.28. The summed E-state index contributed by atoms with van der Waals surface area (Å²) in [5.74, 6) is -0.915. The Morgan fingerprint density at radius 3 is 2.61 bits per heavy atom. The maximum Gasteiger partial charge on any atom is 0.574 e. The van der Waals surface area contributed by atoms with Crippen molar-refractivity contribution in [2.75, 3.05) is 7.11 Å². The molecular formula is C10H10F3N3O2. The second-order valence-electron chi connectivity index (χ2n) is 3.19. The summed E-state index contributed by atoms with van der Waals surface area (Å²) in [5.41, 5.74) is 5.93. The third-order valence-corrected chi connectivity index (χ3v) is 2.02. The molecular weight excluding hydrogens is 251 g/mol. The molecule has 0 bridgehead atoms. The minimum atomic E-state index is -4.87. The van der Waals surface area contributed by atoms with Gasteiger partial charge in [0.25, 0.3) is 5.88 Å². The van der Waals surface area contributed by atoms with Crippen molar-refractivity contribution in [2.24, 2.45) is 5.73 Å². The zero-order valence-corrected chi connectivity index (χ0v) is 9.41. The van der Waals surface area contributed by atoms with E-state index in [2.05, 4.69) is 9.72 Å². The molecule has 0 aromatic carbocycles. The van der Waals surface area contributed by atoms with E-state index in [-0.39, 0.29) is 24.4 Å². The molecule has 0 aliphatic heterocycles. The monoisotopic (exact) mass is 261 g/mol. The number of hydrogen-bond acceptors (Lipinski definition) is 5. The zero-order chi connectivity index (χ0) is 13.8. The molecule has 0 saturated carbocycles. The second-order valence-corrected chi connectivity index (χ2v) is 3.19. The van der Waals surface area contributed by atoms with Gasteiger partial charge in [-0.1, -0.05) is 0 Å². The van der Waals surface area contributed by atoms with Crippen molar-refractivity contribution in [3.05, 3.63) is 17.3 Å². The fourth-order valence-electron chi connectivity index (χ4n) is 1.30. The standard InChI is InChI=1S/C10H10F3N3O2/c1-17-8-4-6(2-3-14)7(5-15)16-9(8)18-10(11,12)13/h4H,2,5,15H2,1H3. The number of alkyl halides is 3. The van der Waals surface area contributed by atoms with Crippen LogP contribution in [-0.2, 0) is 13.0 Å². The third kappa shape index (κ3) is 3.49. The van der Waals surface area contributed by atoms with Gasteiger partial charge in [0.05, 0.1) is 25.3 Å². The molecule has 0 atom stereocenters. The van der Waals surface area contributed by atoms with Crippen molar-refractivity contribution in [1.82, 2.24) is 4.98 Å². The fraction of sp³-hybridized carbons (Fsp3) is 0.400. The molecule has 18 heavy (non-hydrogen) atoms. The van der Waals surface area contributed by atoms with Crippen LogP contribution in [-0.4, -0.2) is 18.5 Å². The summed E-state index contributed by atoms with van der Waals surface area (Å²) >= 11 is 0. The van der Waals surface area contributed by atoms with Crippen molar-refractivity contribution in [1.29, 1.82) is 5.26 Å². The van der Waals surface area contributed by atoms with E-state index in [1.54, 1.807) is 0 Å². The van der Waals surface area contributed by atoms with E-state index in [1.165, 1.54) is 13.2 Å². The van der Waals surface area contributed by atoms with Crippen molar-refractivity contribution < 1.29 is 22.6 Å². The van der Waals surface area contributed by atoms with E-state index >= 15 is 0 Å². The van der Waals surface area contributed by atoms with E-state index in [9.17, 15) is 13.2 Å². The minimum Gasteiger partial charge on any atom is -0.491 e. The number of aromatic nitrogens is 1. The van der Waals surface area contributed by atoms with Crippen LogP contribution in [0.15, 0.2) is 6.07 Å². The smallest absolute Gasteiger partial charge is 0.491 e. The number of ether oxygens (including phenoxy) is 2. The van der Waals surface area contributed by atoms with Gasteiger partial charge in [-0.25, -0.2) is 4.98 Å². The molecule has 1 rings (SSSR count). The molecule has 0 spiro atoms. The van der Waals surface area contributed by atoms with Gasteiger partial charge in [-0.2, -0.15) is 5.26 Å². The van der Waals surface area contributed by atoms with Crippen molar-refractivity contribution in [2.45, 2.75) is 19.3 Å². The van der Waals surface area contributed by atoms with Crippen molar-refractivity contribution in [3.8, 4) is 17.7 Å². The number of nitriles is 1. The molecule has 0 fully saturated rings. The lowest BCUT2D eigenvalue weighted by Gasteiger charge is -2.14. The van der Waals surface area contributed by atoms with Crippen LogP contribution >= 0.6 is 0 Å². The second kappa shape index (κ2) is 5.55. The van der Waals surface area contributed by atoms with Gasteiger partial charge < -0.3 is 15.2 Å². The van der Waals surface area contributed by atoms with E-state index in [4.69, 9.17) is 15.7 Å². The number of rotatable bonds is 4. The molecule has 2 N–H and O–H groups in total. The fourth-order valence-corrected chi connectivity index (χ4v) is 1.30. The lowest BCUT2D eigenvalue weighted by atomic mass is 10.1. The summed E-state index contributed by atoms with van der Waals surface area (Å²) in [6, 6.07) is 3.13. The Hall–Kier alpha value is -2.01. The molecule has 0 radical (unpaired) electrons. The SMILES string of the molecule is COc1cc(CC#N)c(CN)nc1OC(F)(F)F. The number of nitrogens with two attached hydrogens (primary N) is 1. The van der Waals surface area contributed by atoms with Gasteiger partial charge in [0.1, 0.15) is 0 Å². The summed E-state index contributed by atoms with van der Waals surface area (Å²) in [5, 5.41) is 8.59. The van der Waals surface area contributed by atoms with E-state index in [0.29, 0.717) is 5.56 Å². The highest BCUT2D eigenvalue weighted by molar-refractivity contribution is 5.41. The summed E-state index contributed by atoms with van der Waals surface area (Å²) in [7, 11) is 1.18. The molecule has 1 heterocycles. The minimum absolute atomic E-state index is 0.0256. The van der Waals surface area contributed by atoms with Crippen LogP contribution < -0.4 is 15.2 Å². The predicted octanol–water partition coefficient (Wildman–Crippen LogP) is 1.51. The first kappa shape index (κ1) is 14.1. The molecule has 0 unspecified atom stereocenters. The molecule has 1 aromatic heterocycles. The molecule has 0 saturated heterocycles. The van der Waals surface area contributed by atoms with Gasteiger partial charge >= 0.3 is 6.36 Å².